The number of guanidine groups is 1. The number of aromatic nitrogens is 1. The maximum Gasteiger partial charge on any atom is 0.191 e. The van der Waals surface area contributed by atoms with Gasteiger partial charge in [0.2, 0.25) is 0 Å². The van der Waals surface area contributed by atoms with Crippen molar-refractivity contribution in [2.75, 3.05) is 26.3 Å². The van der Waals surface area contributed by atoms with Crippen LogP contribution >= 0.6 is 0 Å². The summed E-state index contributed by atoms with van der Waals surface area (Å²) in [5, 5.41) is 6.43. The molecule has 1 heterocycles. The Balaban J connectivity index is 2.47. The van der Waals surface area contributed by atoms with Crippen molar-refractivity contribution < 1.29 is 4.74 Å². The smallest absolute Gasteiger partial charge is 0.191 e. The standard InChI is InChI=1S/C14H24N4O/c1-4-15-14(16-9-10-19-5-2)17-11-13-8-6-7-12(3)18-13/h6-8H,4-5,9-11H2,1-3H3,(H2,15,16,17). The molecule has 0 radical (unpaired) electrons. The van der Waals surface area contributed by atoms with Crippen molar-refractivity contribution >= 4 is 5.96 Å². The van der Waals surface area contributed by atoms with Crippen LogP contribution in [0.1, 0.15) is 25.2 Å². The van der Waals surface area contributed by atoms with E-state index in [2.05, 4.69) is 20.6 Å². The Bertz CT molecular complexity index is 393. The fourth-order valence-electron chi connectivity index (χ4n) is 1.58. The predicted octanol–water partition coefficient (Wildman–Crippen LogP) is 1.48. The molecule has 0 amide bonds. The third-order valence-corrected chi connectivity index (χ3v) is 2.43. The van der Waals surface area contributed by atoms with Gasteiger partial charge in [-0.25, -0.2) is 4.99 Å². The van der Waals surface area contributed by atoms with Crippen LogP contribution < -0.4 is 10.6 Å². The quantitative estimate of drug-likeness (QED) is 0.445. The summed E-state index contributed by atoms with van der Waals surface area (Å²) >= 11 is 0. The van der Waals surface area contributed by atoms with Gasteiger partial charge < -0.3 is 15.4 Å². The monoisotopic (exact) mass is 264 g/mol. The van der Waals surface area contributed by atoms with E-state index in [4.69, 9.17) is 4.74 Å². The number of hydrogen-bond donors (Lipinski definition) is 2. The average Bonchev–Trinajstić information content (AvgIpc) is 2.41. The number of rotatable bonds is 7. The van der Waals surface area contributed by atoms with E-state index in [0.29, 0.717) is 13.2 Å². The Hall–Kier alpha value is -1.62. The third-order valence-electron chi connectivity index (χ3n) is 2.43. The molecule has 0 fully saturated rings. The second-order valence-corrected chi connectivity index (χ2v) is 4.09. The molecular formula is C14H24N4O. The first kappa shape index (κ1) is 15.4. The summed E-state index contributed by atoms with van der Waals surface area (Å²) in [7, 11) is 0. The number of pyridine rings is 1. The highest BCUT2D eigenvalue weighted by atomic mass is 16.5. The summed E-state index contributed by atoms with van der Waals surface area (Å²) in [5.74, 6) is 0.797. The number of nitrogens with one attached hydrogen (secondary N) is 2. The Morgan fingerprint density at radius 3 is 2.84 bits per heavy atom. The van der Waals surface area contributed by atoms with E-state index in [0.717, 1.165) is 37.0 Å². The topological polar surface area (TPSA) is 58.5 Å². The lowest BCUT2D eigenvalue weighted by molar-refractivity contribution is 0.152. The lowest BCUT2D eigenvalue weighted by Gasteiger charge is -2.11. The molecule has 2 N–H and O–H groups in total. The summed E-state index contributed by atoms with van der Waals surface area (Å²) in [6, 6.07) is 5.97. The van der Waals surface area contributed by atoms with Crippen molar-refractivity contribution in [1.29, 1.82) is 0 Å². The summed E-state index contributed by atoms with van der Waals surface area (Å²) in [6.07, 6.45) is 0. The van der Waals surface area contributed by atoms with Crippen molar-refractivity contribution in [2.45, 2.75) is 27.3 Å². The van der Waals surface area contributed by atoms with Gasteiger partial charge in [0.1, 0.15) is 0 Å². The van der Waals surface area contributed by atoms with E-state index in [1.54, 1.807) is 0 Å². The number of ether oxygens (including phenoxy) is 1. The molecular weight excluding hydrogens is 240 g/mol. The molecule has 19 heavy (non-hydrogen) atoms. The summed E-state index contributed by atoms with van der Waals surface area (Å²) in [4.78, 5) is 8.93. The van der Waals surface area contributed by atoms with E-state index in [1.165, 1.54) is 0 Å². The molecule has 0 aliphatic carbocycles. The zero-order valence-corrected chi connectivity index (χ0v) is 12.1. The fourth-order valence-corrected chi connectivity index (χ4v) is 1.58. The van der Waals surface area contributed by atoms with Crippen molar-refractivity contribution in [1.82, 2.24) is 15.6 Å². The van der Waals surface area contributed by atoms with E-state index in [9.17, 15) is 0 Å². The SMILES string of the molecule is CCNC(=NCc1cccc(C)n1)NCCOCC. The summed E-state index contributed by atoms with van der Waals surface area (Å²) < 4.78 is 5.28. The molecule has 5 heteroatoms. The Morgan fingerprint density at radius 2 is 2.16 bits per heavy atom. The first-order chi connectivity index (χ1) is 9.26. The number of aliphatic imine (C=N–C) groups is 1. The van der Waals surface area contributed by atoms with E-state index in [-0.39, 0.29) is 0 Å². The van der Waals surface area contributed by atoms with Crippen LogP contribution in [0.3, 0.4) is 0 Å². The predicted molar refractivity (Wildman–Crippen MR) is 78.3 cm³/mol. The lowest BCUT2D eigenvalue weighted by atomic mass is 10.3. The van der Waals surface area contributed by atoms with Crippen LogP contribution in [0.4, 0.5) is 0 Å². The number of nitrogens with zero attached hydrogens (tertiary/aromatic N) is 2. The highest BCUT2D eigenvalue weighted by Gasteiger charge is 1.98. The third kappa shape index (κ3) is 6.76. The van der Waals surface area contributed by atoms with Gasteiger partial charge in [0, 0.05) is 25.4 Å². The second-order valence-electron chi connectivity index (χ2n) is 4.09. The fraction of sp³-hybridized carbons (Fsp3) is 0.571. The van der Waals surface area contributed by atoms with Crippen molar-refractivity contribution in [3.8, 4) is 0 Å². The molecule has 1 aromatic heterocycles. The van der Waals surface area contributed by atoms with Gasteiger partial charge in [-0.2, -0.15) is 0 Å². The van der Waals surface area contributed by atoms with Gasteiger partial charge in [0.05, 0.1) is 18.8 Å². The normalized spacial score (nSPS) is 11.4. The largest absolute Gasteiger partial charge is 0.380 e. The molecule has 1 rings (SSSR count). The van der Waals surface area contributed by atoms with Crippen molar-refractivity contribution in [2.24, 2.45) is 4.99 Å². The molecule has 0 aromatic carbocycles. The molecule has 1 aromatic rings. The van der Waals surface area contributed by atoms with Crippen molar-refractivity contribution in [3.63, 3.8) is 0 Å². The van der Waals surface area contributed by atoms with Crippen LogP contribution in [0.15, 0.2) is 23.2 Å². The van der Waals surface area contributed by atoms with Crippen LogP contribution in [0.25, 0.3) is 0 Å². The molecule has 0 spiro atoms. The maximum absolute atomic E-state index is 5.28. The Labute approximate surface area is 115 Å². The van der Waals surface area contributed by atoms with Crippen LogP contribution in [-0.4, -0.2) is 37.2 Å². The van der Waals surface area contributed by atoms with Gasteiger partial charge in [-0.05, 0) is 32.9 Å². The average molecular weight is 264 g/mol. The van der Waals surface area contributed by atoms with Gasteiger partial charge in [-0.15, -0.1) is 0 Å². The molecule has 0 aliphatic heterocycles. The van der Waals surface area contributed by atoms with Crippen LogP contribution in [0, 0.1) is 6.92 Å². The minimum Gasteiger partial charge on any atom is -0.380 e. The van der Waals surface area contributed by atoms with E-state index in [1.807, 2.05) is 39.0 Å². The van der Waals surface area contributed by atoms with Gasteiger partial charge in [0.25, 0.3) is 0 Å². The number of hydrogen-bond acceptors (Lipinski definition) is 3. The Morgan fingerprint density at radius 1 is 1.32 bits per heavy atom. The first-order valence-electron chi connectivity index (χ1n) is 6.78. The molecule has 0 aliphatic rings. The Kier molecular flexibility index (Phi) is 7.58. The zero-order valence-electron chi connectivity index (χ0n) is 12.1. The molecule has 0 saturated carbocycles. The van der Waals surface area contributed by atoms with Gasteiger partial charge in [0.15, 0.2) is 5.96 Å². The summed E-state index contributed by atoms with van der Waals surface area (Å²) in [5.41, 5.74) is 1.99. The van der Waals surface area contributed by atoms with Crippen LogP contribution in [0.2, 0.25) is 0 Å². The highest BCUT2D eigenvalue weighted by Crippen LogP contribution is 1.99. The molecule has 0 unspecified atom stereocenters. The lowest BCUT2D eigenvalue weighted by Crippen LogP contribution is -2.39. The minimum absolute atomic E-state index is 0.575. The van der Waals surface area contributed by atoms with E-state index >= 15 is 0 Å². The second kappa shape index (κ2) is 9.33. The highest BCUT2D eigenvalue weighted by molar-refractivity contribution is 5.79. The van der Waals surface area contributed by atoms with Gasteiger partial charge in [-0.3, -0.25) is 4.98 Å². The zero-order chi connectivity index (χ0) is 13.9. The number of aryl methyl sites for hydroxylation is 1. The first-order valence-corrected chi connectivity index (χ1v) is 6.78. The minimum atomic E-state index is 0.575. The molecule has 106 valence electrons. The summed E-state index contributed by atoms with van der Waals surface area (Å²) in [6.45, 7) is 9.60. The van der Waals surface area contributed by atoms with Crippen LogP contribution in [0.5, 0.6) is 0 Å². The molecule has 0 atom stereocenters. The molecule has 0 saturated heterocycles. The molecule has 5 nitrogen and oxygen atoms in total. The van der Waals surface area contributed by atoms with E-state index < -0.39 is 0 Å². The van der Waals surface area contributed by atoms with Crippen molar-refractivity contribution in [3.05, 3.63) is 29.6 Å². The van der Waals surface area contributed by atoms with Gasteiger partial charge >= 0.3 is 0 Å². The maximum atomic E-state index is 5.28. The van der Waals surface area contributed by atoms with Crippen LogP contribution in [-0.2, 0) is 11.3 Å². The van der Waals surface area contributed by atoms with Gasteiger partial charge in [-0.1, -0.05) is 6.07 Å². The molecule has 0 bridgehead atoms.